The molecule has 1 heterocycles. The van der Waals surface area contributed by atoms with E-state index in [1.54, 1.807) is 0 Å². The molecule has 0 saturated heterocycles. The molecule has 1 fully saturated rings. The van der Waals surface area contributed by atoms with E-state index in [2.05, 4.69) is 29.1 Å². The first-order valence-electron chi connectivity index (χ1n) is 7.87. The van der Waals surface area contributed by atoms with Crippen molar-refractivity contribution < 1.29 is 4.74 Å². The molecular weight excluding hydrogens is 250 g/mol. The number of ether oxygens (including phenoxy) is 1. The number of aromatic nitrogens is 2. The molecule has 1 aliphatic rings. The second-order valence-electron chi connectivity index (χ2n) is 5.84. The summed E-state index contributed by atoms with van der Waals surface area (Å²) in [6.07, 6.45) is 7.23. The number of hydrogen-bond donors (Lipinski definition) is 1. The van der Waals surface area contributed by atoms with Crippen LogP contribution in [0.5, 0.6) is 5.88 Å². The highest BCUT2D eigenvalue weighted by molar-refractivity contribution is 5.48. The molecule has 1 N–H and O–H groups in total. The second-order valence-corrected chi connectivity index (χ2v) is 5.84. The highest BCUT2D eigenvalue weighted by Crippen LogP contribution is 2.30. The summed E-state index contributed by atoms with van der Waals surface area (Å²) in [5.41, 5.74) is 1.02. The molecule has 0 spiro atoms. The van der Waals surface area contributed by atoms with Crippen LogP contribution in [0.1, 0.15) is 57.3 Å². The van der Waals surface area contributed by atoms with Gasteiger partial charge in [0.05, 0.1) is 5.56 Å². The quantitative estimate of drug-likeness (QED) is 0.890. The smallest absolute Gasteiger partial charge is 0.222 e. The average molecular weight is 277 g/mol. The van der Waals surface area contributed by atoms with Gasteiger partial charge in [-0.2, -0.15) is 4.98 Å². The van der Waals surface area contributed by atoms with Crippen LogP contribution in [0.2, 0.25) is 0 Å². The molecule has 0 amide bonds. The SMILES string of the molecule is CCCc1nc(NC)c(C)c(OC2CCCCC2C)n1. The van der Waals surface area contributed by atoms with Crippen LogP contribution in [0.4, 0.5) is 5.82 Å². The molecule has 0 bridgehead atoms. The normalized spacial score (nSPS) is 22.6. The van der Waals surface area contributed by atoms with E-state index < -0.39 is 0 Å². The molecule has 2 rings (SSSR count). The molecule has 1 aliphatic carbocycles. The van der Waals surface area contributed by atoms with Crippen LogP contribution in [0.15, 0.2) is 0 Å². The van der Waals surface area contributed by atoms with Gasteiger partial charge in [-0.25, -0.2) is 4.98 Å². The molecule has 1 aromatic rings. The topological polar surface area (TPSA) is 47.0 Å². The molecule has 1 aromatic heterocycles. The highest BCUT2D eigenvalue weighted by Gasteiger charge is 2.24. The predicted molar refractivity (Wildman–Crippen MR) is 82.4 cm³/mol. The maximum absolute atomic E-state index is 6.24. The minimum absolute atomic E-state index is 0.302. The van der Waals surface area contributed by atoms with Gasteiger partial charge in [-0.15, -0.1) is 0 Å². The standard InChI is InChI=1S/C16H27N3O/c1-5-8-14-18-15(17-4)12(3)16(19-14)20-13-10-7-6-9-11(13)2/h11,13H,5-10H2,1-4H3,(H,17,18,19). The van der Waals surface area contributed by atoms with E-state index in [1.807, 2.05) is 14.0 Å². The van der Waals surface area contributed by atoms with E-state index in [0.29, 0.717) is 12.0 Å². The third-order valence-electron chi connectivity index (χ3n) is 4.15. The minimum atomic E-state index is 0.302. The second kappa shape index (κ2) is 6.91. The fourth-order valence-electron chi connectivity index (χ4n) is 2.83. The summed E-state index contributed by atoms with van der Waals surface area (Å²) in [7, 11) is 1.90. The molecular formula is C16H27N3O. The Morgan fingerprint density at radius 1 is 1.25 bits per heavy atom. The van der Waals surface area contributed by atoms with Crippen LogP contribution in [0.25, 0.3) is 0 Å². The summed E-state index contributed by atoms with van der Waals surface area (Å²) >= 11 is 0. The van der Waals surface area contributed by atoms with Crippen LogP contribution in [-0.4, -0.2) is 23.1 Å². The van der Waals surface area contributed by atoms with E-state index in [0.717, 1.165) is 42.3 Å². The van der Waals surface area contributed by atoms with Crippen LogP contribution in [0.3, 0.4) is 0 Å². The Kier molecular flexibility index (Phi) is 5.21. The van der Waals surface area contributed by atoms with Gasteiger partial charge in [0, 0.05) is 13.5 Å². The Bertz CT molecular complexity index is 448. The lowest BCUT2D eigenvalue weighted by atomic mass is 9.88. The van der Waals surface area contributed by atoms with Gasteiger partial charge < -0.3 is 10.1 Å². The maximum Gasteiger partial charge on any atom is 0.222 e. The fourth-order valence-corrected chi connectivity index (χ4v) is 2.83. The molecule has 0 aliphatic heterocycles. The molecule has 2 unspecified atom stereocenters. The maximum atomic E-state index is 6.24. The summed E-state index contributed by atoms with van der Waals surface area (Å²) in [6, 6.07) is 0. The summed E-state index contributed by atoms with van der Waals surface area (Å²) in [5, 5.41) is 3.15. The Morgan fingerprint density at radius 3 is 2.65 bits per heavy atom. The van der Waals surface area contributed by atoms with Crippen molar-refractivity contribution in [2.24, 2.45) is 5.92 Å². The Hall–Kier alpha value is -1.32. The van der Waals surface area contributed by atoms with Gasteiger partial charge in [0.25, 0.3) is 0 Å². The molecule has 2 atom stereocenters. The van der Waals surface area contributed by atoms with E-state index >= 15 is 0 Å². The van der Waals surface area contributed by atoms with Crippen molar-refractivity contribution >= 4 is 5.82 Å². The minimum Gasteiger partial charge on any atom is -0.474 e. The first-order valence-corrected chi connectivity index (χ1v) is 7.87. The number of aryl methyl sites for hydroxylation is 1. The summed E-state index contributed by atoms with van der Waals surface area (Å²) in [6.45, 7) is 6.46. The van der Waals surface area contributed by atoms with Crippen molar-refractivity contribution in [3.63, 3.8) is 0 Å². The molecule has 0 aromatic carbocycles. The number of hydrogen-bond acceptors (Lipinski definition) is 4. The van der Waals surface area contributed by atoms with Crippen molar-refractivity contribution in [3.05, 3.63) is 11.4 Å². The van der Waals surface area contributed by atoms with Crippen LogP contribution < -0.4 is 10.1 Å². The van der Waals surface area contributed by atoms with Gasteiger partial charge in [0.1, 0.15) is 17.7 Å². The number of nitrogens with one attached hydrogen (secondary N) is 1. The van der Waals surface area contributed by atoms with E-state index in [1.165, 1.54) is 19.3 Å². The average Bonchev–Trinajstić information content (AvgIpc) is 2.45. The van der Waals surface area contributed by atoms with Gasteiger partial charge >= 0.3 is 0 Å². The fraction of sp³-hybridized carbons (Fsp3) is 0.750. The first kappa shape index (κ1) is 15.1. The molecule has 20 heavy (non-hydrogen) atoms. The van der Waals surface area contributed by atoms with Crippen molar-refractivity contribution in [1.29, 1.82) is 0 Å². The lowest BCUT2D eigenvalue weighted by Crippen LogP contribution is -2.29. The zero-order valence-electron chi connectivity index (χ0n) is 13.2. The van der Waals surface area contributed by atoms with Crippen LogP contribution in [0, 0.1) is 12.8 Å². The van der Waals surface area contributed by atoms with Crippen LogP contribution >= 0.6 is 0 Å². The Labute approximate surface area is 122 Å². The van der Waals surface area contributed by atoms with Crippen molar-refractivity contribution in [3.8, 4) is 5.88 Å². The molecule has 1 saturated carbocycles. The molecule has 4 heteroatoms. The van der Waals surface area contributed by atoms with Gasteiger partial charge in [-0.1, -0.05) is 20.3 Å². The third kappa shape index (κ3) is 3.41. The van der Waals surface area contributed by atoms with Gasteiger partial charge in [0.15, 0.2) is 0 Å². The lowest BCUT2D eigenvalue weighted by molar-refractivity contribution is 0.0964. The van der Waals surface area contributed by atoms with E-state index in [4.69, 9.17) is 4.74 Å². The Morgan fingerprint density at radius 2 is 2.00 bits per heavy atom. The number of anilines is 1. The van der Waals surface area contributed by atoms with E-state index in [-0.39, 0.29) is 0 Å². The largest absolute Gasteiger partial charge is 0.474 e. The highest BCUT2D eigenvalue weighted by atomic mass is 16.5. The van der Waals surface area contributed by atoms with Crippen molar-refractivity contribution in [1.82, 2.24) is 9.97 Å². The van der Waals surface area contributed by atoms with Gasteiger partial charge in [-0.3, -0.25) is 0 Å². The number of nitrogens with zero attached hydrogens (tertiary/aromatic N) is 2. The Balaban J connectivity index is 2.22. The molecule has 0 radical (unpaired) electrons. The van der Waals surface area contributed by atoms with Crippen LogP contribution in [-0.2, 0) is 6.42 Å². The zero-order valence-corrected chi connectivity index (χ0v) is 13.2. The van der Waals surface area contributed by atoms with Crippen molar-refractivity contribution in [2.75, 3.05) is 12.4 Å². The summed E-state index contributed by atoms with van der Waals surface area (Å²) < 4.78 is 6.24. The van der Waals surface area contributed by atoms with Crippen molar-refractivity contribution in [2.45, 2.75) is 65.4 Å². The van der Waals surface area contributed by atoms with E-state index in [9.17, 15) is 0 Å². The summed E-state index contributed by atoms with van der Waals surface area (Å²) in [4.78, 5) is 9.18. The summed E-state index contributed by atoms with van der Waals surface area (Å²) in [5.74, 6) is 3.15. The van der Waals surface area contributed by atoms with Gasteiger partial charge in [-0.05, 0) is 38.5 Å². The molecule has 112 valence electrons. The van der Waals surface area contributed by atoms with Gasteiger partial charge in [0.2, 0.25) is 5.88 Å². The first-order chi connectivity index (χ1) is 9.65. The number of rotatable bonds is 5. The predicted octanol–water partition coefficient (Wildman–Crippen LogP) is 3.74. The zero-order chi connectivity index (χ0) is 14.5. The third-order valence-corrected chi connectivity index (χ3v) is 4.15. The monoisotopic (exact) mass is 277 g/mol. The molecule has 4 nitrogen and oxygen atoms in total. The lowest BCUT2D eigenvalue weighted by Gasteiger charge is -2.29.